The summed E-state index contributed by atoms with van der Waals surface area (Å²) in [7, 11) is 0. The summed E-state index contributed by atoms with van der Waals surface area (Å²) in [6, 6.07) is 3.76. The van der Waals surface area contributed by atoms with Gasteiger partial charge in [0, 0.05) is 31.3 Å². The van der Waals surface area contributed by atoms with E-state index in [1.165, 1.54) is 6.33 Å². The molecule has 0 spiro atoms. The lowest BCUT2D eigenvalue weighted by molar-refractivity contribution is -0.121. The summed E-state index contributed by atoms with van der Waals surface area (Å²) in [4.78, 5) is 20.2. The van der Waals surface area contributed by atoms with Crippen LogP contribution in [0.4, 0.5) is 0 Å². The molecule has 0 bridgehead atoms. The zero-order chi connectivity index (χ0) is 15.2. The molecule has 1 atom stereocenters. The molecule has 1 aliphatic rings. The van der Waals surface area contributed by atoms with E-state index in [9.17, 15) is 4.79 Å². The van der Waals surface area contributed by atoms with Crippen molar-refractivity contribution < 1.29 is 9.53 Å². The van der Waals surface area contributed by atoms with Crippen LogP contribution in [0.1, 0.15) is 31.2 Å². The van der Waals surface area contributed by atoms with Crippen LogP contribution in [0.5, 0.6) is 0 Å². The molecule has 0 unspecified atom stereocenters. The number of hydrogen-bond acceptors (Lipinski definition) is 5. The second kappa shape index (κ2) is 7.13. The summed E-state index contributed by atoms with van der Waals surface area (Å²) in [5, 5.41) is 7.01. The van der Waals surface area contributed by atoms with E-state index in [1.807, 2.05) is 12.1 Å². The van der Waals surface area contributed by atoms with Gasteiger partial charge >= 0.3 is 0 Å². The zero-order valence-corrected chi connectivity index (χ0v) is 12.3. The molecule has 0 saturated carbocycles. The van der Waals surface area contributed by atoms with Gasteiger partial charge in [-0.2, -0.15) is 5.10 Å². The van der Waals surface area contributed by atoms with Crippen LogP contribution < -0.4 is 5.32 Å². The average Bonchev–Trinajstić information content (AvgIpc) is 3.24. The van der Waals surface area contributed by atoms with Gasteiger partial charge in [-0.15, -0.1) is 0 Å². The van der Waals surface area contributed by atoms with Gasteiger partial charge in [-0.05, 0) is 25.3 Å². The van der Waals surface area contributed by atoms with Crippen LogP contribution in [0.3, 0.4) is 0 Å². The second-order valence-corrected chi connectivity index (χ2v) is 5.28. The molecule has 1 amide bonds. The van der Waals surface area contributed by atoms with Crippen LogP contribution in [0.25, 0.3) is 5.82 Å². The lowest BCUT2D eigenvalue weighted by Crippen LogP contribution is -2.24. The fourth-order valence-electron chi connectivity index (χ4n) is 2.54. The Morgan fingerprint density at radius 2 is 2.45 bits per heavy atom. The van der Waals surface area contributed by atoms with Crippen molar-refractivity contribution in [2.45, 2.75) is 38.3 Å². The van der Waals surface area contributed by atoms with Crippen LogP contribution in [0.2, 0.25) is 0 Å². The lowest BCUT2D eigenvalue weighted by atomic mass is 10.1. The average molecular weight is 301 g/mol. The third kappa shape index (κ3) is 3.67. The number of ether oxygens (including phenoxy) is 1. The number of rotatable bonds is 6. The molecular weight excluding hydrogens is 282 g/mol. The molecular formula is C15H19N5O2. The highest BCUT2D eigenvalue weighted by molar-refractivity contribution is 5.75. The van der Waals surface area contributed by atoms with Crippen molar-refractivity contribution in [2.75, 3.05) is 6.61 Å². The third-order valence-electron chi connectivity index (χ3n) is 3.70. The lowest BCUT2D eigenvalue weighted by Gasteiger charge is -2.11. The van der Waals surface area contributed by atoms with Crippen molar-refractivity contribution in [3.63, 3.8) is 0 Å². The van der Waals surface area contributed by atoms with E-state index in [-0.39, 0.29) is 12.0 Å². The Bertz CT molecular complexity index is 608. The summed E-state index contributed by atoms with van der Waals surface area (Å²) >= 11 is 0. The van der Waals surface area contributed by atoms with Gasteiger partial charge in [0.2, 0.25) is 5.91 Å². The predicted octanol–water partition coefficient (Wildman–Crippen LogP) is 1.24. The second-order valence-electron chi connectivity index (χ2n) is 5.28. The van der Waals surface area contributed by atoms with Crippen LogP contribution in [-0.4, -0.2) is 38.4 Å². The zero-order valence-electron chi connectivity index (χ0n) is 12.3. The van der Waals surface area contributed by atoms with Crippen molar-refractivity contribution in [3.8, 4) is 5.82 Å². The van der Waals surface area contributed by atoms with Gasteiger partial charge in [-0.25, -0.2) is 14.6 Å². The van der Waals surface area contributed by atoms with E-state index < -0.39 is 0 Å². The summed E-state index contributed by atoms with van der Waals surface area (Å²) in [6.45, 7) is 1.25. The first-order chi connectivity index (χ1) is 10.8. The summed E-state index contributed by atoms with van der Waals surface area (Å²) < 4.78 is 7.12. The summed E-state index contributed by atoms with van der Waals surface area (Å²) in [6.07, 6.45) is 8.42. The molecule has 2 aromatic heterocycles. The quantitative estimate of drug-likeness (QED) is 0.868. The van der Waals surface area contributed by atoms with Crippen LogP contribution in [-0.2, 0) is 16.1 Å². The Labute approximate surface area is 128 Å². The SMILES string of the molecule is O=C(CC[C@H]1CCCO1)NCc1cccnc1-n1cncn1. The highest BCUT2D eigenvalue weighted by Crippen LogP contribution is 2.16. The van der Waals surface area contributed by atoms with Gasteiger partial charge in [-0.1, -0.05) is 6.07 Å². The predicted molar refractivity (Wildman–Crippen MR) is 79.2 cm³/mol. The van der Waals surface area contributed by atoms with E-state index in [4.69, 9.17) is 4.74 Å². The molecule has 1 fully saturated rings. The first-order valence-electron chi connectivity index (χ1n) is 7.50. The number of carbonyl (C=O) groups excluding carboxylic acids is 1. The smallest absolute Gasteiger partial charge is 0.220 e. The molecule has 1 saturated heterocycles. The molecule has 22 heavy (non-hydrogen) atoms. The van der Waals surface area contributed by atoms with Crippen molar-refractivity contribution >= 4 is 5.91 Å². The highest BCUT2D eigenvalue weighted by Gasteiger charge is 2.16. The molecule has 0 radical (unpaired) electrons. The topological polar surface area (TPSA) is 81.9 Å². The number of amides is 1. The minimum atomic E-state index is 0.0314. The number of nitrogens with zero attached hydrogens (tertiary/aromatic N) is 4. The van der Waals surface area contributed by atoms with Crippen molar-refractivity contribution in [1.29, 1.82) is 0 Å². The van der Waals surface area contributed by atoms with E-state index in [1.54, 1.807) is 17.2 Å². The van der Waals surface area contributed by atoms with Crippen LogP contribution >= 0.6 is 0 Å². The summed E-state index contributed by atoms with van der Waals surface area (Å²) in [5.41, 5.74) is 0.901. The Kier molecular flexibility index (Phi) is 4.75. The molecule has 0 aromatic carbocycles. The highest BCUT2D eigenvalue weighted by atomic mass is 16.5. The van der Waals surface area contributed by atoms with Gasteiger partial charge in [0.1, 0.15) is 12.7 Å². The third-order valence-corrected chi connectivity index (χ3v) is 3.70. The fraction of sp³-hybridized carbons (Fsp3) is 0.467. The van der Waals surface area contributed by atoms with E-state index >= 15 is 0 Å². The monoisotopic (exact) mass is 301 g/mol. The Hall–Kier alpha value is -2.28. The molecule has 1 N–H and O–H groups in total. The Morgan fingerprint density at radius 1 is 1.50 bits per heavy atom. The number of aromatic nitrogens is 4. The van der Waals surface area contributed by atoms with Crippen molar-refractivity contribution in [1.82, 2.24) is 25.1 Å². The van der Waals surface area contributed by atoms with Crippen LogP contribution in [0, 0.1) is 0 Å². The van der Waals surface area contributed by atoms with Gasteiger partial charge in [0.25, 0.3) is 0 Å². The molecule has 7 nitrogen and oxygen atoms in total. The van der Waals surface area contributed by atoms with Crippen LogP contribution in [0.15, 0.2) is 31.0 Å². The number of carbonyl (C=O) groups is 1. The van der Waals surface area contributed by atoms with Gasteiger partial charge in [-0.3, -0.25) is 4.79 Å². The van der Waals surface area contributed by atoms with Crippen molar-refractivity contribution in [2.24, 2.45) is 0 Å². The maximum Gasteiger partial charge on any atom is 0.220 e. The van der Waals surface area contributed by atoms with E-state index in [0.29, 0.717) is 18.8 Å². The maximum absolute atomic E-state index is 11.9. The molecule has 7 heteroatoms. The molecule has 3 heterocycles. The minimum Gasteiger partial charge on any atom is -0.378 e. The Morgan fingerprint density at radius 3 is 3.23 bits per heavy atom. The van der Waals surface area contributed by atoms with E-state index in [0.717, 1.165) is 31.4 Å². The molecule has 1 aliphatic heterocycles. The van der Waals surface area contributed by atoms with Gasteiger partial charge in [0.15, 0.2) is 5.82 Å². The van der Waals surface area contributed by atoms with Crippen molar-refractivity contribution in [3.05, 3.63) is 36.5 Å². The minimum absolute atomic E-state index is 0.0314. The van der Waals surface area contributed by atoms with Gasteiger partial charge < -0.3 is 10.1 Å². The number of hydrogen-bond donors (Lipinski definition) is 1. The molecule has 0 aliphatic carbocycles. The van der Waals surface area contributed by atoms with Gasteiger partial charge in [0.05, 0.1) is 6.10 Å². The maximum atomic E-state index is 11.9. The summed E-state index contributed by atoms with van der Waals surface area (Å²) in [5.74, 6) is 0.711. The fourth-order valence-corrected chi connectivity index (χ4v) is 2.54. The van der Waals surface area contributed by atoms with E-state index in [2.05, 4.69) is 20.4 Å². The number of pyridine rings is 1. The largest absolute Gasteiger partial charge is 0.378 e. The Balaban J connectivity index is 1.54. The molecule has 3 rings (SSSR count). The molecule has 2 aromatic rings. The first-order valence-corrected chi connectivity index (χ1v) is 7.50. The normalized spacial score (nSPS) is 17.5. The molecule has 116 valence electrons. The standard InChI is InChI=1S/C15H19N5O2/c21-14(6-5-13-4-2-8-22-13)18-9-12-3-1-7-17-15(12)20-11-16-10-19-20/h1,3,7,10-11,13H,2,4-6,8-9H2,(H,18,21)/t13-/m1/s1. The number of nitrogens with one attached hydrogen (secondary N) is 1. The first kappa shape index (κ1) is 14.6.